The van der Waals surface area contributed by atoms with Crippen LogP contribution in [0.3, 0.4) is 0 Å². The predicted molar refractivity (Wildman–Crippen MR) is 72.3 cm³/mol. The zero-order valence-electron chi connectivity index (χ0n) is 11.5. The summed E-state index contributed by atoms with van der Waals surface area (Å²) in [5.41, 5.74) is 0.314. The van der Waals surface area contributed by atoms with Crippen LogP contribution in [0.15, 0.2) is 0 Å². The Kier molecular flexibility index (Phi) is 3.85. The van der Waals surface area contributed by atoms with Gasteiger partial charge in [0.15, 0.2) is 0 Å². The minimum Gasteiger partial charge on any atom is -0.341 e. The zero-order chi connectivity index (χ0) is 12.1. The number of hydrogen-bond acceptors (Lipinski definition) is 2. The molecule has 0 radical (unpaired) electrons. The number of rotatable bonds is 2. The number of halogens is 1. The average Bonchev–Trinajstić information content (AvgIpc) is 2.64. The van der Waals surface area contributed by atoms with E-state index in [4.69, 9.17) is 0 Å². The largest absolute Gasteiger partial charge is 0.341 e. The molecule has 1 saturated heterocycles. The molecular formula is C13H25ClN2O. The lowest BCUT2D eigenvalue weighted by molar-refractivity contribution is -0.134. The molecule has 0 aromatic rings. The third-order valence-corrected chi connectivity index (χ3v) is 5.20. The van der Waals surface area contributed by atoms with Crippen LogP contribution in [0.1, 0.15) is 34.1 Å². The average molecular weight is 261 g/mol. The van der Waals surface area contributed by atoms with Crippen LogP contribution in [0.2, 0.25) is 0 Å². The summed E-state index contributed by atoms with van der Waals surface area (Å²) in [6.45, 7) is 10.8. The van der Waals surface area contributed by atoms with Crippen LogP contribution in [0.4, 0.5) is 0 Å². The van der Waals surface area contributed by atoms with Crippen LogP contribution in [0, 0.1) is 16.7 Å². The summed E-state index contributed by atoms with van der Waals surface area (Å²) in [5.74, 6) is 0.536. The van der Waals surface area contributed by atoms with E-state index >= 15 is 0 Å². The molecule has 1 heterocycles. The molecule has 0 aromatic heterocycles. The minimum atomic E-state index is 0. The molecule has 1 unspecified atom stereocenters. The molecule has 0 bridgehead atoms. The van der Waals surface area contributed by atoms with Gasteiger partial charge in [-0.3, -0.25) is 4.79 Å². The molecule has 1 N–H and O–H groups in total. The smallest absolute Gasteiger partial charge is 0.226 e. The molecule has 2 aliphatic rings. The molecule has 1 saturated carbocycles. The lowest BCUT2D eigenvalue weighted by atomic mass is 10.0. The highest BCUT2D eigenvalue weighted by Crippen LogP contribution is 2.68. The number of hydrogen-bond donors (Lipinski definition) is 1. The first-order valence-electron chi connectivity index (χ1n) is 6.27. The highest BCUT2D eigenvalue weighted by molar-refractivity contribution is 5.85. The number of carbonyl (C=O) groups is 1. The molecular weight excluding hydrogens is 236 g/mol. The van der Waals surface area contributed by atoms with Crippen molar-refractivity contribution in [3.8, 4) is 0 Å². The van der Waals surface area contributed by atoms with Gasteiger partial charge in [0.1, 0.15) is 0 Å². The summed E-state index contributed by atoms with van der Waals surface area (Å²) in [6.07, 6.45) is 1.09. The fraction of sp³-hybridized carbons (Fsp3) is 0.923. The van der Waals surface area contributed by atoms with Gasteiger partial charge in [0.2, 0.25) is 5.91 Å². The van der Waals surface area contributed by atoms with Crippen molar-refractivity contribution >= 4 is 18.3 Å². The molecule has 1 aliphatic carbocycles. The van der Waals surface area contributed by atoms with Crippen molar-refractivity contribution in [2.45, 2.75) is 40.2 Å². The maximum absolute atomic E-state index is 12.4. The fourth-order valence-corrected chi connectivity index (χ4v) is 3.17. The third-order valence-electron chi connectivity index (χ3n) is 5.20. The first kappa shape index (κ1) is 14.8. The fourth-order valence-electron chi connectivity index (χ4n) is 3.17. The number of amides is 1. The number of nitrogens with zero attached hydrogens (tertiary/aromatic N) is 1. The molecule has 2 rings (SSSR count). The van der Waals surface area contributed by atoms with E-state index in [1.54, 1.807) is 0 Å². The maximum Gasteiger partial charge on any atom is 0.226 e. The number of likely N-dealkylation sites (N-methyl/N-ethyl adjacent to an activating group) is 1. The molecule has 1 amide bonds. The molecule has 100 valence electrons. The SMILES string of the molecule is CN(C(=O)C1C(C)(C)C1(C)C)C1CCNC1.Cl. The van der Waals surface area contributed by atoms with Gasteiger partial charge in [-0.25, -0.2) is 0 Å². The second-order valence-corrected chi connectivity index (χ2v) is 6.47. The summed E-state index contributed by atoms with van der Waals surface area (Å²) >= 11 is 0. The predicted octanol–water partition coefficient (Wildman–Crippen LogP) is 1.91. The van der Waals surface area contributed by atoms with E-state index in [0.717, 1.165) is 19.5 Å². The second-order valence-electron chi connectivity index (χ2n) is 6.47. The summed E-state index contributed by atoms with van der Waals surface area (Å²) < 4.78 is 0. The van der Waals surface area contributed by atoms with Crippen molar-refractivity contribution < 1.29 is 4.79 Å². The van der Waals surface area contributed by atoms with Gasteiger partial charge in [0.25, 0.3) is 0 Å². The highest BCUT2D eigenvalue weighted by atomic mass is 35.5. The summed E-state index contributed by atoms with van der Waals surface area (Å²) in [4.78, 5) is 14.4. The highest BCUT2D eigenvalue weighted by Gasteiger charge is 2.68. The van der Waals surface area contributed by atoms with Crippen LogP contribution in [0.5, 0.6) is 0 Å². The first-order chi connectivity index (χ1) is 7.30. The van der Waals surface area contributed by atoms with Gasteiger partial charge in [0.05, 0.1) is 0 Å². The molecule has 1 atom stereocenters. The normalized spacial score (nSPS) is 29.6. The van der Waals surface area contributed by atoms with E-state index in [-0.39, 0.29) is 29.2 Å². The van der Waals surface area contributed by atoms with E-state index < -0.39 is 0 Å². The van der Waals surface area contributed by atoms with Gasteiger partial charge < -0.3 is 10.2 Å². The summed E-state index contributed by atoms with van der Waals surface area (Å²) in [5, 5.41) is 3.32. The van der Waals surface area contributed by atoms with Crippen LogP contribution in [0.25, 0.3) is 0 Å². The summed E-state index contributed by atoms with van der Waals surface area (Å²) in [6, 6.07) is 0.402. The molecule has 1 aliphatic heterocycles. The Morgan fingerprint density at radius 2 is 1.76 bits per heavy atom. The molecule has 0 spiro atoms. The molecule has 3 nitrogen and oxygen atoms in total. The zero-order valence-corrected chi connectivity index (χ0v) is 12.4. The van der Waals surface area contributed by atoms with Crippen molar-refractivity contribution in [1.29, 1.82) is 0 Å². The van der Waals surface area contributed by atoms with Gasteiger partial charge in [-0.2, -0.15) is 0 Å². The van der Waals surface area contributed by atoms with E-state index in [0.29, 0.717) is 11.9 Å². The van der Waals surface area contributed by atoms with E-state index in [1.807, 2.05) is 11.9 Å². The lowest BCUT2D eigenvalue weighted by Crippen LogP contribution is -2.40. The van der Waals surface area contributed by atoms with Crippen LogP contribution in [-0.2, 0) is 4.79 Å². The Morgan fingerprint density at radius 3 is 2.12 bits per heavy atom. The number of carbonyl (C=O) groups excluding carboxylic acids is 1. The standard InChI is InChI=1S/C13H24N2O.ClH/c1-12(2)10(13(12,3)4)11(16)15(5)9-6-7-14-8-9;/h9-10,14H,6-8H2,1-5H3;1H. The van der Waals surface area contributed by atoms with E-state index in [9.17, 15) is 4.79 Å². The van der Waals surface area contributed by atoms with E-state index in [1.165, 1.54) is 0 Å². The minimum absolute atomic E-state index is 0. The Morgan fingerprint density at radius 1 is 1.24 bits per heavy atom. The van der Waals surface area contributed by atoms with Crippen LogP contribution in [-0.4, -0.2) is 37.0 Å². The van der Waals surface area contributed by atoms with Crippen molar-refractivity contribution in [1.82, 2.24) is 10.2 Å². The first-order valence-corrected chi connectivity index (χ1v) is 6.27. The van der Waals surface area contributed by atoms with Gasteiger partial charge in [0, 0.05) is 25.6 Å². The van der Waals surface area contributed by atoms with Gasteiger partial charge in [-0.1, -0.05) is 27.7 Å². The Labute approximate surface area is 111 Å². The van der Waals surface area contributed by atoms with Gasteiger partial charge in [-0.05, 0) is 23.8 Å². The van der Waals surface area contributed by atoms with Crippen molar-refractivity contribution in [3.63, 3.8) is 0 Å². The van der Waals surface area contributed by atoms with Gasteiger partial charge in [-0.15, -0.1) is 12.4 Å². The summed E-state index contributed by atoms with van der Waals surface area (Å²) in [7, 11) is 1.96. The molecule has 2 fully saturated rings. The van der Waals surface area contributed by atoms with Crippen molar-refractivity contribution in [2.75, 3.05) is 20.1 Å². The second kappa shape index (κ2) is 4.43. The molecule has 17 heavy (non-hydrogen) atoms. The van der Waals surface area contributed by atoms with Crippen LogP contribution < -0.4 is 5.32 Å². The topological polar surface area (TPSA) is 32.3 Å². The van der Waals surface area contributed by atoms with Crippen molar-refractivity contribution in [3.05, 3.63) is 0 Å². The Balaban J connectivity index is 0.00000144. The van der Waals surface area contributed by atoms with Gasteiger partial charge >= 0.3 is 0 Å². The molecule has 0 aromatic carbocycles. The third kappa shape index (κ3) is 2.08. The lowest BCUT2D eigenvalue weighted by Gasteiger charge is -2.24. The monoisotopic (exact) mass is 260 g/mol. The van der Waals surface area contributed by atoms with Crippen molar-refractivity contribution in [2.24, 2.45) is 16.7 Å². The Hall–Kier alpha value is -0.280. The van der Waals surface area contributed by atoms with Crippen LogP contribution >= 0.6 is 12.4 Å². The number of nitrogens with one attached hydrogen (secondary N) is 1. The van der Waals surface area contributed by atoms with E-state index in [2.05, 4.69) is 33.0 Å². The maximum atomic E-state index is 12.4. The Bertz CT molecular complexity index is 295. The quantitative estimate of drug-likeness (QED) is 0.823. The molecule has 4 heteroatoms.